The van der Waals surface area contributed by atoms with Gasteiger partial charge in [0.25, 0.3) is 15.9 Å². The maximum Gasteiger partial charge on any atom is 0.275 e. The summed E-state index contributed by atoms with van der Waals surface area (Å²) in [6.45, 7) is 0. The fourth-order valence-corrected chi connectivity index (χ4v) is 3.92. The second-order valence-corrected chi connectivity index (χ2v) is 8.37. The second kappa shape index (κ2) is 7.13. The van der Waals surface area contributed by atoms with Crippen molar-refractivity contribution >= 4 is 54.9 Å². The summed E-state index contributed by atoms with van der Waals surface area (Å²) in [5.41, 5.74) is 2.08. The summed E-state index contributed by atoms with van der Waals surface area (Å²) in [7, 11) is -3.83. The van der Waals surface area contributed by atoms with Gasteiger partial charge in [0.05, 0.1) is 16.3 Å². The molecule has 4 rings (SSSR count). The average molecular weight is 458 g/mol. The van der Waals surface area contributed by atoms with Crippen LogP contribution in [0.4, 0.5) is 17.3 Å². The Bertz CT molecular complexity index is 1200. The molecule has 0 atom stereocenters. The van der Waals surface area contributed by atoms with Gasteiger partial charge in [-0.05, 0) is 48.5 Å². The zero-order valence-electron chi connectivity index (χ0n) is 14.1. The predicted octanol–water partition coefficient (Wildman–Crippen LogP) is 3.11. The molecule has 0 spiro atoms. The van der Waals surface area contributed by atoms with Crippen LogP contribution >= 0.6 is 15.9 Å². The van der Waals surface area contributed by atoms with Gasteiger partial charge in [-0.1, -0.05) is 15.9 Å². The smallest absolute Gasteiger partial charge is 0.275 e. The lowest BCUT2D eigenvalue weighted by Crippen LogP contribution is -2.15. The summed E-state index contributed by atoms with van der Waals surface area (Å²) in [6.07, 6.45) is 2.87. The molecule has 1 aliphatic heterocycles. The summed E-state index contributed by atoms with van der Waals surface area (Å²) >= 11 is 3.38. The van der Waals surface area contributed by atoms with E-state index in [0.717, 1.165) is 4.47 Å². The number of hydrogen-bond acceptors (Lipinski definition) is 6. The van der Waals surface area contributed by atoms with Gasteiger partial charge in [0.15, 0.2) is 0 Å². The van der Waals surface area contributed by atoms with Crippen molar-refractivity contribution in [1.82, 2.24) is 9.97 Å². The predicted molar refractivity (Wildman–Crippen MR) is 108 cm³/mol. The lowest BCUT2D eigenvalue weighted by Gasteiger charge is -2.06. The molecule has 1 amide bonds. The lowest BCUT2D eigenvalue weighted by atomic mass is 10.1. The highest BCUT2D eigenvalue weighted by molar-refractivity contribution is 9.10. The molecule has 1 aromatic heterocycles. The van der Waals surface area contributed by atoms with Crippen LogP contribution in [0.1, 0.15) is 5.56 Å². The Morgan fingerprint density at radius 2 is 1.75 bits per heavy atom. The Balaban J connectivity index is 1.62. The summed E-state index contributed by atoms with van der Waals surface area (Å²) in [4.78, 5) is 24.3. The number of aliphatic imine (C=N–C) groups is 1. The summed E-state index contributed by atoms with van der Waals surface area (Å²) in [6, 6.07) is 12.8. The first-order chi connectivity index (χ1) is 13.4. The van der Waals surface area contributed by atoms with Gasteiger partial charge in [-0.2, -0.15) is 0 Å². The number of sulfonamides is 1. The van der Waals surface area contributed by atoms with E-state index < -0.39 is 10.0 Å². The standard InChI is InChI=1S/C18H12BrN5O3S/c19-11-2-7-15-14(10-11)16(17(25)23-15)22-12-3-5-13(6-4-12)28(26,27)24-18-20-8-1-9-21-18/h1-10H,(H,20,21,24)(H,22,23,25). The zero-order valence-corrected chi connectivity index (χ0v) is 16.5. The molecular weight excluding hydrogens is 446 g/mol. The quantitative estimate of drug-likeness (QED) is 0.624. The first kappa shape index (κ1) is 18.3. The van der Waals surface area contributed by atoms with E-state index in [0.29, 0.717) is 16.9 Å². The van der Waals surface area contributed by atoms with Gasteiger partial charge in [-0.3, -0.25) is 4.79 Å². The van der Waals surface area contributed by atoms with Crippen molar-refractivity contribution in [2.75, 3.05) is 10.0 Å². The number of benzene rings is 2. The van der Waals surface area contributed by atoms with Crippen LogP contribution < -0.4 is 10.0 Å². The minimum atomic E-state index is -3.83. The van der Waals surface area contributed by atoms with E-state index in [-0.39, 0.29) is 22.5 Å². The van der Waals surface area contributed by atoms with Gasteiger partial charge in [0.2, 0.25) is 5.95 Å². The minimum absolute atomic E-state index is 0.0170. The Labute approximate surface area is 168 Å². The topological polar surface area (TPSA) is 113 Å². The van der Waals surface area contributed by atoms with Crippen LogP contribution in [0.5, 0.6) is 0 Å². The van der Waals surface area contributed by atoms with Gasteiger partial charge >= 0.3 is 0 Å². The second-order valence-electron chi connectivity index (χ2n) is 5.78. The molecule has 0 unspecified atom stereocenters. The maximum absolute atomic E-state index is 12.4. The number of halogens is 1. The maximum atomic E-state index is 12.4. The number of hydrogen-bond donors (Lipinski definition) is 2. The van der Waals surface area contributed by atoms with Gasteiger partial charge in [-0.15, -0.1) is 0 Å². The highest BCUT2D eigenvalue weighted by atomic mass is 79.9. The molecule has 0 saturated heterocycles. The van der Waals surface area contributed by atoms with E-state index in [9.17, 15) is 13.2 Å². The third kappa shape index (κ3) is 3.64. The molecule has 140 valence electrons. The number of carbonyl (C=O) groups is 1. The van der Waals surface area contributed by atoms with Gasteiger partial charge in [-0.25, -0.2) is 28.1 Å². The van der Waals surface area contributed by atoms with E-state index in [4.69, 9.17) is 0 Å². The molecule has 28 heavy (non-hydrogen) atoms. The fourth-order valence-electron chi connectivity index (χ4n) is 2.60. The minimum Gasteiger partial charge on any atom is -0.320 e. The number of nitrogens with one attached hydrogen (secondary N) is 2. The van der Waals surface area contributed by atoms with E-state index in [1.165, 1.54) is 36.7 Å². The van der Waals surface area contributed by atoms with Crippen LogP contribution in [0.2, 0.25) is 0 Å². The summed E-state index contributed by atoms with van der Waals surface area (Å²) in [5.74, 6) is -0.329. The van der Waals surface area contributed by atoms with Crippen molar-refractivity contribution in [2.24, 2.45) is 4.99 Å². The number of rotatable bonds is 4. The third-order valence-electron chi connectivity index (χ3n) is 3.88. The molecule has 1 aliphatic rings. The van der Waals surface area contributed by atoms with E-state index in [1.54, 1.807) is 18.2 Å². The molecule has 0 aliphatic carbocycles. The largest absolute Gasteiger partial charge is 0.320 e. The SMILES string of the molecule is O=C1Nc2ccc(Br)cc2C1=Nc1ccc(S(=O)(=O)Nc2ncccn2)cc1. The first-order valence-corrected chi connectivity index (χ1v) is 10.3. The van der Waals surface area contributed by atoms with Crippen molar-refractivity contribution in [1.29, 1.82) is 0 Å². The third-order valence-corrected chi connectivity index (χ3v) is 5.72. The molecular formula is C18H12BrN5O3S. The van der Waals surface area contributed by atoms with Crippen LogP contribution in [-0.2, 0) is 14.8 Å². The molecule has 3 aromatic rings. The summed E-state index contributed by atoms with van der Waals surface area (Å²) in [5, 5.41) is 2.75. The van der Waals surface area contributed by atoms with E-state index in [1.807, 2.05) is 6.07 Å². The number of aromatic nitrogens is 2. The monoisotopic (exact) mass is 457 g/mol. The molecule has 0 saturated carbocycles. The number of fused-ring (bicyclic) bond motifs is 1. The Hall–Kier alpha value is -3.11. The normalized spacial score (nSPS) is 14.6. The molecule has 2 aromatic carbocycles. The first-order valence-electron chi connectivity index (χ1n) is 8.02. The lowest BCUT2D eigenvalue weighted by molar-refractivity contribution is -0.110. The van der Waals surface area contributed by atoms with Crippen molar-refractivity contribution in [3.05, 3.63) is 71.0 Å². The molecule has 10 heteroatoms. The van der Waals surface area contributed by atoms with Gasteiger partial charge in [0.1, 0.15) is 5.71 Å². The van der Waals surface area contributed by atoms with E-state index in [2.05, 4.69) is 40.9 Å². The highest BCUT2D eigenvalue weighted by Crippen LogP contribution is 2.29. The van der Waals surface area contributed by atoms with Crippen molar-refractivity contribution in [2.45, 2.75) is 4.90 Å². The molecule has 0 fully saturated rings. The molecule has 0 radical (unpaired) electrons. The molecule has 8 nitrogen and oxygen atoms in total. The van der Waals surface area contributed by atoms with Crippen LogP contribution in [0.15, 0.2) is 75.3 Å². The van der Waals surface area contributed by atoms with Gasteiger partial charge in [0, 0.05) is 22.4 Å². The highest BCUT2D eigenvalue weighted by Gasteiger charge is 2.26. The van der Waals surface area contributed by atoms with Crippen molar-refractivity contribution < 1.29 is 13.2 Å². The molecule has 0 bridgehead atoms. The fraction of sp³-hybridized carbons (Fsp3) is 0. The number of amides is 1. The molecule has 2 heterocycles. The van der Waals surface area contributed by atoms with Gasteiger partial charge < -0.3 is 5.32 Å². The van der Waals surface area contributed by atoms with Crippen LogP contribution in [0.3, 0.4) is 0 Å². The number of anilines is 2. The average Bonchev–Trinajstić information content (AvgIpc) is 2.98. The molecule has 2 N–H and O–H groups in total. The van der Waals surface area contributed by atoms with Crippen LogP contribution in [0, 0.1) is 0 Å². The number of nitrogens with zero attached hydrogens (tertiary/aromatic N) is 3. The number of carbonyl (C=O) groups excluding carboxylic acids is 1. The Kier molecular flexibility index (Phi) is 4.65. The Morgan fingerprint density at radius 3 is 2.46 bits per heavy atom. The van der Waals surface area contributed by atoms with Crippen LogP contribution in [-0.4, -0.2) is 30.0 Å². The van der Waals surface area contributed by atoms with Crippen molar-refractivity contribution in [3.63, 3.8) is 0 Å². The summed E-state index contributed by atoms with van der Waals surface area (Å²) < 4.78 is 28.0. The van der Waals surface area contributed by atoms with Crippen LogP contribution in [0.25, 0.3) is 0 Å². The zero-order chi connectivity index (χ0) is 19.7. The van der Waals surface area contributed by atoms with Crippen molar-refractivity contribution in [3.8, 4) is 0 Å². The Morgan fingerprint density at radius 1 is 1.04 bits per heavy atom. The van der Waals surface area contributed by atoms with E-state index >= 15 is 0 Å².